The zero-order valence-corrected chi connectivity index (χ0v) is 4.23. The molecule has 0 aromatic carbocycles. The van der Waals surface area contributed by atoms with E-state index < -0.39 is 6.17 Å². The summed E-state index contributed by atoms with van der Waals surface area (Å²) in [5, 5.41) is 3.88. The Balaban J connectivity index is 2.12. The highest BCUT2D eigenvalue weighted by Crippen LogP contribution is 2.04. The van der Waals surface area contributed by atoms with Gasteiger partial charge >= 0.3 is 0 Å². The fourth-order valence-electron chi connectivity index (χ4n) is 0.747. The van der Waals surface area contributed by atoms with E-state index in [1.165, 1.54) is 0 Å². The summed E-state index contributed by atoms with van der Waals surface area (Å²) in [4.78, 5) is 0. The van der Waals surface area contributed by atoms with Crippen LogP contribution in [0.5, 0.6) is 0 Å². The molecule has 0 aliphatic carbocycles. The summed E-state index contributed by atoms with van der Waals surface area (Å²) < 4.78 is 12.1. The first kappa shape index (κ1) is 5.04. The lowest BCUT2D eigenvalue weighted by Gasteiger charge is -2.12. The van der Waals surface area contributed by atoms with Gasteiger partial charge in [-0.25, -0.2) is 9.71 Å². The zero-order chi connectivity index (χ0) is 5.11. The van der Waals surface area contributed by atoms with Crippen molar-refractivity contribution >= 4 is 0 Å². The molecule has 0 N–H and O–H groups in total. The van der Waals surface area contributed by atoms with E-state index in [0.717, 1.165) is 19.4 Å². The normalized spacial score (nSPS) is 33.0. The summed E-state index contributed by atoms with van der Waals surface area (Å²) in [6.45, 7) is 1.32. The first-order valence-electron chi connectivity index (χ1n) is 2.67. The molecule has 1 radical (unpaired) electrons. The van der Waals surface area contributed by atoms with Crippen LogP contribution in [0.25, 0.3) is 0 Å². The minimum Gasteiger partial charge on any atom is -0.246 e. The first-order chi connectivity index (χ1) is 3.39. The van der Waals surface area contributed by atoms with E-state index in [-0.39, 0.29) is 0 Å². The Bertz CT molecular complexity index is 50.0. The Morgan fingerprint density at radius 1 is 1.57 bits per heavy atom. The highest BCUT2D eigenvalue weighted by atomic mass is 19.1. The lowest BCUT2D eigenvalue weighted by atomic mass is 10.1. The van der Waals surface area contributed by atoms with Crippen LogP contribution >= 0.6 is 0 Å². The van der Waals surface area contributed by atoms with Crippen molar-refractivity contribution in [3.05, 3.63) is 0 Å². The molecule has 1 rings (SSSR count). The van der Waals surface area contributed by atoms with Gasteiger partial charge in [-0.05, 0) is 12.8 Å². The SMILES string of the molecule is F[C@H]1CCC[N]C1. The number of hydrogen-bond acceptors (Lipinski definition) is 0. The van der Waals surface area contributed by atoms with Crippen LogP contribution in [0.4, 0.5) is 4.39 Å². The molecule has 0 bridgehead atoms. The van der Waals surface area contributed by atoms with E-state index in [1.807, 2.05) is 0 Å². The van der Waals surface area contributed by atoms with Crippen LogP contribution in [0.15, 0.2) is 0 Å². The second kappa shape index (κ2) is 2.26. The molecule has 0 spiro atoms. The van der Waals surface area contributed by atoms with Crippen molar-refractivity contribution < 1.29 is 4.39 Å². The predicted octanol–water partition coefficient (Wildman–Crippen LogP) is 0.723. The lowest BCUT2D eigenvalue weighted by molar-refractivity contribution is 0.263. The molecule has 0 aromatic rings. The molecule has 1 heterocycles. The van der Waals surface area contributed by atoms with Crippen LogP contribution in [0.3, 0.4) is 0 Å². The molecule has 41 valence electrons. The average molecular weight is 102 g/mol. The van der Waals surface area contributed by atoms with Crippen LogP contribution in [-0.2, 0) is 0 Å². The standard InChI is InChI=1S/C5H9FN/c6-5-2-1-3-7-4-5/h5H,1-4H2/t5-/m0/s1. The number of nitrogens with zero attached hydrogens (tertiary/aromatic N) is 1. The van der Waals surface area contributed by atoms with Gasteiger partial charge in [0.25, 0.3) is 0 Å². The maximum atomic E-state index is 12.1. The highest BCUT2D eigenvalue weighted by molar-refractivity contribution is 4.65. The molecule has 2 heteroatoms. The van der Waals surface area contributed by atoms with Gasteiger partial charge in [-0.1, -0.05) is 0 Å². The Labute approximate surface area is 42.9 Å². The molecule has 1 aliphatic heterocycles. The van der Waals surface area contributed by atoms with Gasteiger partial charge < -0.3 is 0 Å². The third-order valence-electron chi connectivity index (χ3n) is 1.16. The second-order valence-corrected chi connectivity index (χ2v) is 1.87. The van der Waals surface area contributed by atoms with E-state index in [9.17, 15) is 4.39 Å². The van der Waals surface area contributed by atoms with Crippen LogP contribution in [0.2, 0.25) is 0 Å². The smallest absolute Gasteiger partial charge is 0.114 e. The minimum absolute atomic E-state index is 0.444. The Morgan fingerprint density at radius 2 is 2.43 bits per heavy atom. The van der Waals surface area contributed by atoms with Crippen LogP contribution < -0.4 is 5.32 Å². The average Bonchev–Trinajstić information content (AvgIpc) is 1.69. The number of rotatable bonds is 0. The van der Waals surface area contributed by atoms with Gasteiger partial charge in [0.1, 0.15) is 6.17 Å². The molecule has 1 fully saturated rings. The summed E-state index contributed by atoms with van der Waals surface area (Å²) in [6.07, 6.45) is 1.04. The van der Waals surface area contributed by atoms with Crippen molar-refractivity contribution in [2.45, 2.75) is 19.0 Å². The number of hydrogen-bond donors (Lipinski definition) is 0. The topological polar surface area (TPSA) is 14.1 Å². The van der Waals surface area contributed by atoms with E-state index in [4.69, 9.17) is 0 Å². The van der Waals surface area contributed by atoms with Crippen molar-refractivity contribution in [1.82, 2.24) is 5.32 Å². The van der Waals surface area contributed by atoms with Crippen molar-refractivity contribution in [2.75, 3.05) is 13.1 Å². The Hall–Kier alpha value is -0.110. The molecule has 1 nitrogen and oxygen atoms in total. The van der Waals surface area contributed by atoms with Gasteiger partial charge in [0, 0.05) is 13.1 Å². The Kier molecular flexibility index (Phi) is 1.63. The first-order valence-corrected chi connectivity index (χ1v) is 2.67. The third-order valence-corrected chi connectivity index (χ3v) is 1.16. The van der Waals surface area contributed by atoms with E-state index >= 15 is 0 Å². The van der Waals surface area contributed by atoms with Crippen molar-refractivity contribution in [3.63, 3.8) is 0 Å². The van der Waals surface area contributed by atoms with Gasteiger partial charge in [-0.15, -0.1) is 0 Å². The molecule has 7 heavy (non-hydrogen) atoms. The molecule has 0 aromatic heterocycles. The highest BCUT2D eigenvalue weighted by Gasteiger charge is 2.10. The summed E-state index contributed by atoms with van der Waals surface area (Å²) in [5.41, 5.74) is 0. The molecule has 1 aliphatic rings. The fraction of sp³-hybridized carbons (Fsp3) is 1.00. The van der Waals surface area contributed by atoms with Gasteiger partial charge in [0.05, 0.1) is 0 Å². The molecular weight excluding hydrogens is 93.1 g/mol. The summed E-state index contributed by atoms with van der Waals surface area (Å²) in [5.74, 6) is 0. The van der Waals surface area contributed by atoms with E-state index in [0.29, 0.717) is 6.54 Å². The van der Waals surface area contributed by atoms with Crippen LogP contribution in [0, 0.1) is 0 Å². The Morgan fingerprint density at radius 3 is 2.71 bits per heavy atom. The number of piperidine rings is 1. The fourth-order valence-corrected chi connectivity index (χ4v) is 0.747. The molecule has 0 amide bonds. The maximum absolute atomic E-state index is 12.1. The quantitative estimate of drug-likeness (QED) is 0.428. The number of alkyl halides is 1. The van der Waals surface area contributed by atoms with Crippen LogP contribution in [-0.4, -0.2) is 19.3 Å². The number of halogens is 1. The largest absolute Gasteiger partial charge is 0.246 e. The minimum atomic E-state index is -0.631. The summed E-state index contributed by atoms with van der Waals surface area (Å²) in [6, 6.07) is 0. The zero-order valence-electron chi connectivity index (χ0n) is 4.23. The molecule has 0 unspecified atom stereocenters. The van der Waals surface area contributed by atoms with E-state index in [1.54, 1.807) is 0 Å². The monoisotopic (exact) mass is 102 g/mol. The molecule has 1 atom stereocenters. The lowest BCUT2D eigenvalue weighted by Crippen LogP contribution is -2.24. The van der Waals surface area contributed by atoms with Gasteiger partial charge in [-0.3, -0.25) is 0 Å². The van der Waals surface area contributed by atoms with Crippen molar-refractivity contribution in [2.24, 2.45) is 0 Å². The van der Waals surface area contributed by atoms with Gasteiger partial charge in [0.15, 0.2) is 0 Å². The molecule has 1 saturated heterocycles. The van der Waals surface area contributed by atoms with Crippen molar-refractivity contribution in [3.8, 4) is 0 Å². The molecule has 0 saturated carbocycles. The van der Waals surface area contributed by atoms with Crippen LogP contribution in [0.1, 0.15) is 12.8 Å². The summed E-state index contributed by atoms with van der Waals surface area (Å²) >= 11 is 0. The summed E-state index contributed by atoms with van der Waals surface area (Å²) in [7, 11) is 0. The molecular formula is C5H9FN. The van der Waals surface area contributed by atoms with Gasteiger partial charge in [-0.2, -0.15) is 0 Å². The van der Waals surface area contributed by atoms with E-state index in [2.05, 4.69) is 5.32 Å². The third kappa shape index (κ3) is 1.43. The van der Waals surface area contributed by atoms with Crippen molar-refractivity contribution in [1.29, 1.82) is 0 Å². The second-order valence-electron chi connectivity index (χ2n) is 1.87. The maximum Gasteiger partial charge on any atom is 0.114 e. The van der Waals surface area contributed by atoms with Gasteiger partial charge in [0.2, 0.25) is 0 Å². The predicted molar refractivity (Wildman–Crippen MR) is 26.0 cm³/mol.